The van der Waals surface area contributed by atoms with Crippen LogP contribution in [0.2, 0.25) is 0 Å². The largest absolute Gasteiger partial charge is 0.352 e. The van der Waals surface area contributed by atoms with Crippen molar-refractivity contribution in [2.75, 3.05) is 0 Å². The molecule has 0 fully saturated rings. The van der Waals surface area contributed by atoms with E-state index in [0.29, 0.717) is 17.5 Å². The summed E-state index contributed by atoms with van der Waals surface area (Å²) in [6, 6.07) is 9.08. The Morgan fingerprint density at radius 1 is 0.783 bits per heavy atom. The summed E-state index contributed by atoms with van der Waals surface area (Å²) >= 11 is 0. The van der Waals surface area contributed by atoms with Crippen LogP contribution in [0.15, 0.2) is 63.2 Å². The minimum absolute atomic E-state index is 0.0427. The van der Waals surface area contributed by atoms with E-state index in [1.807, 2.05) is 18.2 Å². The van der Waals surface area contributed by atoms with Crippen molar-refractivity contribution in [3.63, 3.8) is 0 Å². The molecule has 1 aromatic carbocycles. The van der Waals surface area contributed by atoms with Gasteiger partial charge in [-0.15, -0.1) is 0 Å². The SMILES string of the molecule is CC1=C(C)[C@H]2[C@@H]1[C@@H]1C=C[C@@H]2n2c(=O)n(-c3ccccc3)c(=O)n21. The Labute approximate surface area is 132 Å². The first kappa shape index (κ1) is 12.9. The second-order valence-electron chi connectivity index (χ2n) is 6.71. The second-order valence-corrected chi connectivity index (χ2v) is 6.71. The predicted octanol–water partition coefficient (Wildman–Crippen LogP) is 2.05. The number of aromatic nitrogens is 3. The van der Waals surface area contributed by atoms with Crippen LogP contribution >= 0.6 is 0 Å². The lowest BCUT2D eigenvalue weighted by Gasteiger charge is -2.53. The van der Waals surface area contributed by atoms with Crippen LogP contribution in [0.1, 0.15) is 25.9 Å². The van der Waals surface area contributed by atoms with Gasteiger partial charge >= 0.3 is 11.4 Å². The average Bonchev–Trinajstić information content (AvgIpc) is 2.87. The van der Waals surface area contributed by atoms with E-state index >= 15 is 0 Å². The van der Waals surface area contributed by atoms with Crippen LogP contribution < -0.4 is 11.4 Å². The molecule has 2 aromatic rings. The van der Waals surface area contributed by atoms with Gasteiger partial charge in [0.1, 0.15) is 0 Å². The first-order valence-corrected chi connectivity index (χ1v) is 7.98. The summed E-state index contributed by atoms with van der Waals surface area (Å²) in [5.41, 5.74) is 2.89. The highest BCUT2D eigenvalue weighted by Gasteiger charge is 2.53. The predicted molar refractivity (Wildman–Crippen MR) is 86.9 cm³/mol. The van der Waals surface area contributed by atoms with Crippen LogP contribution in [0.25, 0.3) is 5.69 Å². The molecule has 116 valence electrons. The highest BCUT2D eigenvalue weighted by molar-refractivity contribution is 5.40. The van der Waals surface area contributed by atoms with E-state index < -0.39 is 0 Å². The highest BCUT2D eigenvalue weighted by Crippen LogP contribution is 2.56. The van der Waals surface area contributed by atoms with Gasteiger partial charge in [0.15, 0.2) is 0 Å². The van der Waals surface area contributed by atoms with Crippen LogP contribution in [0.4, 0.5) is 0 Å². The quantitative estimate of drug-likeness (QED) is 0.757. The van der Waals surface area contributed by atoms with Gasteiger partial charge in [-0.1, -0.05) is 41.5 Å². The molecule has 2 aliphatic carbocycles. The molecule has 2 bridgehead atoms. The summed E-state index contributed by atoms with van der Waals surface area (Å²) in [5.74, 6) is 0.711. The molecule has 0 unspecified atom stereocenters. The topological polar surface area (TPSA) is 48.9 Å². The zero-order valence-corrected chi connectivity index (χ0v) is 13.0. The number of para-hydroxylation sites is 1. The summed E-state index contributed by atoms with van der Waals surface area (Å²) in [4.78, 5) is 25.9. The van der Waals surface area contributed by atoms with Crippen LogP contribution in [-0.2, 0) is 0 Å². The minimum Gasteiger partial charge on any atom is -0.245 e. The molecule has 1 aromatic heterocycles. The van der Waals surface area contributed by atoms with Gasteiger partial charge in [0.2, 0.25) is 0 Å². The molecule has 4 atom stereocenters. The van der Waals surface area contributed by atoms with Gasteiger partial charge in [0.25, 0.3) is 0 Å². The van der Waals surface area contributed by atoms with E-state index in [4.69, 9.17) is 0 Å². The summed E-state index contributed by atoms with van der Waals surface area (Å²) in [6.07, 6.45) is 4.19. The van der Waals surface area contributed by atoms with E-state index in [1.54, 1.807) is 21.5 Å². The number of rotatable bonds is 1. The van der Waals surface area contributed by atoms with Crippen molar-refractivity contribution in [3.8, 4) is 5.69 Å². The van der Waals surface area contributed by atoms with Crippen molar-refractivity contribution in [2.24, 2.45) is 11.8 Å². The lowest BCUT2D eigenvalue weighted by atomic mass is 9.59. The fraction of sp³-hybridized carbons (Fsp3) is 0.333. The number of hydrogen-bond donors (Lipinski definition) is 0. The molecule has 23 heavy (non-hydrogen) atoms. The zero-order chi connectivity index (χ0) is 15.9. The van der Waals surface area contributed by atoms with Crippen LogP contribution in [-0.4, -0.2) is 13.9 Å². The fourth-order valence-corrected chi connectivity index (χ4v) is 4.65. The van der Waals surface area contributed by atoms with Gasteiger partial charge in [0, 0.05) is 11.8 Å². The zero-order valence-electron chi connectivity index (χ0n) is 13.0. The molecule has 5 nitrogen and oxygen atoms in total. The van der Waals surface area contributed by atoms with Gasteiger partial charge in [-0.2, -0.15) is 0 Å². The summed E-state index contributed by atoms with van der Waals surface area (Å²) in [7, 11) is 0. The summed E-state index contributed by atoms with van der Waals surface area (Å²) in [6.45, 7) is 4.29. The van der Waals surface area contributed by atoms with E-state index in [1.165, 1.54) is 15.7 Å². The molecule has 5 heteroatoms. The lowest BCUT2D eigenvalue weighted by molar-refractivity contribution is 0.114. The van der Waals surface area contributed by atoms with Crippen LogP contribution in [0.3, 0.4) is 0 Å². The summed E-state index contributed by atoms with van der Waals surface area (Å²) < 4.78 is 4.62. The Kier molecular flexibility index (Phi) is 2.27. The first-order chi connectivity index (χ1) is 11.1. The van der Waals surface area contributed by atoms with Crippen LogP contribution in [0, 0.1) is 11.8 Å². The van der Waals surface area contributed by atoms with Gasteiger partial charge in [0.05, 0.1) is 17.8 Å². The molecule has 0 amide bonds. The molecule has 4 aliphatic rings. The Bertz CT molecular complexity index is 944. The van der Waals surface area contributed by atoms with Crippen molar-refractivity contribution < 1.29 is 0 Å². The smallest absolute Gasteiger partial charge is 0.245 e. The second kappa shape index (κ2) is 4.04. The Balaban J connectivity index is 1.79. The molecule has 0 spiro atoms. The number of benzene rings is 1. The first-order valence-electron chi connectivity index (χ1n) is 7.98. The third-order valence-electron chi connectivity index (χ3n) is 5.84. The van der Waals surface area contributed by atoms with Crippen molar-refractivity contribution in [2.45, 2.75) is 25.9 Å². The average molecular weight is 307 g/mol. The Hall–Kier alpha value is -2.56. The van der Waals surface area contributed by atoms with E-state index in [0.717, 1.165) is 0 Å². The third-order valence-corrected chi connectivity index (χ3v) is 5.84. The van der Waals surface area contributed by atoms with E-state index in [9.17, 15) is 9.59 Å². The van der Waals surface area contributed by atoms with Crippen LogP contribution in [0.5, 0.6) is 0 Å². The van der Waals surface area contributed by atoms with Crippen molar-refractivity contribution in [1.29, 1.82) is 0 Å². The molecule has 0 N–H and O–H groups in total. The third kappa shape index (κ3) is 1.34. The number of hydrogen-bond acceptors (Lipinski definition) is 2. The van der Waals surface area contributed by atoms with Gasteiger partial charge < -0.3 is 0 Å². The normalized spacial score (nSPS) is 30.2. The highest BCUT2D eigenvalue weighted by atomic mass is 16.2. The molecular formula is C18H17N3O2. The molecule has 3 heterocycles. The maximum Gasteiger partial charge on any atom is 0.352 e. The molecule has 2 aliphatic heterocycles. The van der Waals surface area contributed by atoms with Crippen molar-refractivity contribution in [3.05, 3.63) is 74.6 Å². The number of nitrogens with zero attached hydrogens (tertiary/aromatic N) is 3. The van der Waals surface area contributed by atoms with E-state index in [2.05, 4.69) is 26.0 Å². The van der Waals surface area contributed by atoms with Crippen molar-refractivity contribution in [1.82, 2.24) is 13.9 Å². The minimum atomic E-state index is -0.239. The maximum absolute atomic E-state index is 12.9. The molecule has 6 rings (SSSR count). The van der Waals surface area contributed by atoms with Gasteiger partial charge in [-0.25, -0.2) is 23.5 Å². The Morgan fingerprint density at radius 3 is 1.74 bits per heavy atom. The van der Waals surface area contributed by atoms with Gasteiger partial charge in [-0.05, 0) is 26.0 Å². The maximum atomic E-state index is 12.9. The number of allylic oxidation sites excluding steroid dienone is 4. The molecule has 0 saturated carbocycles. The molecular weight excluding hydrogens is 290 g/mol. The lowest BCUT2D eigenvalue weighted by Crippen LogP contribution is -2.53. The van der Waals surface area contributed by atoms with E-state index in [-0.39, 0.29) is 23.5 Å². The van der Waals surface area contributed by atoms with Gasteiger partial charge in [-0.3, -0.25) is 0 Å². The van der Waals surface area contributed by atoms with Crippen molar-refractivity contribution >= 4 is 0 Å². The standard InChI is InChI=1S/C18H17N3O2/c1-10-11(2)16-14-9-8-13(15(10)16)20-17(22)19(18(23)21(14)20)12-6-4-3-5-7-12/h3-9,13-16H,1-2H3/t13-,14-,15-,16+/m0/s1. The monoisotopic (exact) mass is 307 g/mol. The molecule has 0 radical (unpaired) electrons. The fourth-order valence-electron chi connectivity index (χ4n) is 4.65. The molecule has 0 saturated heterocycles. The Morgan fingerprint density at radius 2 is 1.26 bits per heavy atom. The summed E-state index contributed by atoms with van der Waals surface area (Å²) in [5, 5.41) is 0.